The fourth-order valence-electron chi connectivity index (χ4n) is 2.64. The molecule has 2 aromatic rings. The summed E-state index contributed by atoms with van der Waals surface area (Å²) < 4.78 is 46.2. The van der Waals surface area contributed by atoms with Crippen molar-refractivity contribution in [3.63, 3.8) is 0 Å². The number of rotatable bonds is 5. The number of ether oxygens (including phenoxy) is 1. The van der Waals surface area contributed by atoms with Crippen LogP contribution in [0, 0.1) is 5.82 Å². The van der Waals surface area contributed by atoms with Crippen LogP contribution < -0.4 is 4.72 Å². The highest BCUT2D eigenvalue weighted by Crippen LogP contribution is 2.15. The van der Waals surface area contributed by atoms with Gasteiger partial charge in [-0.2, -0.15) is 0 Å². The highest BCUT2D eigenvalue weighted by Gasteiger charge is 2.21. The van der Waals surface area contributed by atoms with Gasteiger partial charge < -0.3 is 9.64 Å². The highest BCUT2D eigenvalue weighted by molar-refractivity contribution is 7.89. The van der Waals surface area contributed by atoms with Crippen LogP contribution in [0.2, 0.25) is 0 Å². The maximum absolute atomic E-state index is 13.6. The molecule has 138 valence electrons. The molecule has 0 radical (unpaired) electrons. The van der Waals surface area contributed by atoms with Gasteiger partial charge in [-0.25, -0.2) is 17.5 Å². The second-order valence-electron chi connectivity index (χ2n) is 5.85. The lowest BCUT2D eigenvalue weighted by Gasteiger charge is -2.27. The Morgan fingerprint density at radius 2 is 1.85 bits per heavy atom. The fraction of sp³-hybridized carbons (Fsp3) is 0.278. The Hall–Kier alpha value is -2.29. The summed E-state index contributed by atoms with van der Waals surface area (Å²) in [6.07, 6.45) is 0. The molecule has 1 fully saturated rings. The molecular weight excluding hydrogens is 359 g/mol. The fourth-order valence-corrected chi connectivity index (χ4v) is 3.70. The zero-order valence-electron chi connectivity index (χ0n) is 14.0. The van der Waals surface area contributed by atoms with E-state index in [1.54, 1.807) is 17.0 Å². The molecular formula is C18H19FN2O4S. The van der Waals surface area contributed by atoms with Crippen LogP contribution in [0.1, 0.15) is 15.9 Å². The summed E-state index contributed by atoms with van der Waals surface area (Å²) in [7, 11) is -3.87. The van der Waals surface area contributed by atoms with Gasteiger partial charge in [0.2, 0.25) is 10.0 Å². The Balaban J connectivity index is 1.75. The van der Waals surface area contributed by atoms with Gasteiger partial charge in [-0.15, -0.1) is 0 Å². The Bertz CT molecular complexity index is 896. The lowest BCUT2D eigenvalue weighted by molar-refractivity contribution is 0.0302. The molecule has 1 N–H and O–H groups in total. The highest BCUT2D eigenvalue weighted by atomic mass is 32.2. The first-order chi connectivity index (χ1) is 12.5. The van der Waals surface area contributed by atoms with Crippen LogP contribution in [-0.4, -0.2) is 45.5 Å². The van der Waals surface area contributed by atoms with Crippen LogP contribution in [-0.2, 0) is 21.3 Å². The number of amides is 1. The number of carbonyl (C=O) groups excluding carboxylic acids is 1. The first-order valence-corrected chi connectivity index (χ1v) is 9.66. The first-order valence-electron chi connectivity index (χ1n) is 8.17. The van der Waals surface area contributed by atoms with Gasteiger partial charge in [0.05, 0.1) is 18.1 Å². The molecule has 0 saturated carbocycles. The molecule has 1 aliphatic rings. The third kappa shape index (κ3) is 4.27. The van der Waals surface area contributed by atoms with Crippen molar-refractivity contribution in [2.45, 2.75) is 11.4 Å². The van der Waals surface area contributed by atoms with E-state index in [9.17, 15) is 17.6 Å². The van der Waals surface area contributed by atoms with Crippen molar-refractivity contribution < 1.29 is 22.3 Å². The number of nitrogens with one attached hydrogen (secondary N) is 1. The number of morpholine rings is 1. The molecule has 2 aromatic carbocycles. The van der Waals surface area contributed by atoms with Crippen LogP contribution >= 0.6 is 0 Å². The van der Waals surface area contributed by atoms with Crippen molar-refractivity contribution in [1.29, 1.82) is 0 Å². The number of benzene rings is 2. The SMILES string of the molecule is O=C(c1cccc(S(=O)(=O)NCc2ccccc2F)c1)N1CCOCC1. The van der Waals surface area contributed by atoms with Crippen molar-refractivity contribution >= 4 is 15.9 Å². The third-order valence-corrected chi connectivity index (χ3v) is 5.50. The van der Waals surface area contributed by atoms with E-state index in [0.29, 0.717) is 31.9 Å². The van der Waals surface area contributed by atoms with Gasteiger partial charge in [0.25, 0.3) is 5.91 Å². The van der Waals surface area contributed by atoms with E-state index in [2.05, 4.69) is 4.72 Å². The number of halogens is 1. The van der Waals surface area contributed by atoms with Gasteiger partial charge in [-0.3, -0.25) is 4.79 Å². The molecule has 1 aliphatic heterocycles. The van der Waals surface area contributed by atoms with E-state index < -0.39 is 15.8 Å². The summed E-state index contributed by atoms with van der Waals surface area (Å²) in [6.45, 7) is 1.71. The van der Waals surface area contributed by atoms with E-state index in [4.69, 9.17) is 4.74 Å². The lowest BCUT2D eigenvalue weighted by atomic mass is 10.2. The number of nitrogens with zero attached hydrogens (tertiary/aromatic N) is 1. The van der Waals surface area contributed by atoms with Gasteiger partial charge in [-0.1, -0.05) is 24.3 Å². The normalized spacial score (nSPS) is 15.0. The molecule has 8 heteroatoms. The van der Waals surface area contributed by atoms with E-state index in [0.717, 1.165) is 0 Å². The Labute approximate surface area is 151 Å². The average molecular weight is 378 g/mol. The Kier molecular flexibility index (Phi) is 5.65. The summed E-state index contributed by atoms with van der Waals surface area (Å²) in [5.41, 5.74) is 0.539. The molecule has 0 aliphatic carbocycles. The van der Waals surface area contributed by atoms with Crippen molar-refractivity contribution in [1.82, 2.24) is 9.62 Å². The topological polar surface area (TPSA) is 75.7 Å². The molecule has 26 heavy (non-hydrogen) atoms. The van der Waals surface area contributed by atoms with Crippen LogP contribution in [0.3, 0.4) is 0 Å². The number of carbonyl (C=O) groups is 1. The van der Waals surface area contributed by atoms with E-state index in [1.807, 2.05) is 0 Å². The van der Waals surface area contributed by atoms with Gasteiger partial charge in [-0.05, 0) is 24.3 Å². The summed E-state index contributed by atoms with van der Waals surface area (Å²) in [5, 5.41) is 0. The van der Waals surface area contributed by atoms with E-state index >= 15 is 0 Å². The molecule has 6 nitrogen and oxygen atoms in total. The maximum atomic E-state index is 13.6. The Morgan fingerprint density at radius 3 is 2.58 bits per heavy atom. The molecule has 0 atom stereocenters. The summed E-state index contributed by atoms with van der Waals surface area (Å²) >= 11 is 0. The monoisotopic (exact) mass is 378 g/mol. The van der Waals surface area contributed by atoms with E-state index in [1.165, 1.54) is 36.4 Å². The lowest BCUT2D eigenvalue weighted by Crippen LogP contribution is -2.40. The van der Waals surface area contributed by atoms with Crippen molar-refractivity contribution in [3.8, 4) is 0 Å². The van der Waals surface area contributed by atoms with Crippen molar-refractivity contribution in [2.75, 3.05) is 26.3 Å². The summed E-state index contributed by atoms with van der Waals surface area (Å²) in [6, 6.07) is 11.8. The summed E-state index contributed by atoms with van der Waals surface area (Å²) in [5.74, 6) is -0.717. The Morgan fingerprint density at radius 1 is 1.12 bits per heavy atom. The molecule has 0 unspecified atom stereocenters. The second kappa shape index (κ2) is 7.94. The third-order valence-electron chi connectivity index (χ3n) is 4.10. The number of sulfonamides is 1. The predicted octanol–water partition coefficient (Wildman–Crippen LogP) is 1.78. The molecule has 0 spiro atoms. The number of hydrogen-bond acceptors (Lipinski definition) is 4. The predicted molar refractivity (Wildman–Crippen MR) is 93.6 cm³/mol. The molecule has 1 amide bonds. The quantitative estimate of drug-likeness (QED) is 0.861. The number of hydrogen-bond donors (Lipinski definition) is 1. The molecule has 1 heterocycles. The molecule has 0 aromatic heterocycles. The van der Waals surface area contributed by atoms with Crippen LogP contribution in [0.5, 0.6) is 0 Å². The minimum Gasteiger partial charge on any atom is -0.378 e. The van der Waals surface area contributed by atoms with Crippen LogP contribution in [0.25, 0.3) is 0 Å². The van der Waals surface area contributed by atoms with Gasteiger partial charge in [0.1, 0.15) is 5.82 Å². The maximum Gasteiger partial charge on any atom is 0.254 e. The zero-order valence-corrected chi connectivity index (χ0v) is 14.8. The molecule has 3 rings (SSSR count). The minimum atomic E-state index is -3.87. The minimum absolute atomic E-state index is 0.0343. The first kappa shape index (κ1) is 18.5. The second-order valence-corrected chi connectivity index (χ2v) is 7.62. The van der Waals surface area contributed by atoms with Crippen LogP contribution in [0.4, 0.5) is 4.39 Å². The van der Waals surface area contributed by atoms with Gasteiger partial charge in [0, 0.05) is 30.8 Å². The summed E-state index contributed by atoms with van der Waals surface area (Å²) in [4.78, 5) is 14.1. The van der Waals surface area contributed by atoms with Crippen molar-refractivity contribution in [2.24, 2.45) is 0 Å². The van der Waals surface area contributed by atoms with Gasteiger partial charge in [0.15, 0.2) is 0 Å². The standard InChI is InChI=1S/C18H19FN2O4S/c19-17-7-2-1-4-15(17)13-20-26(23,24)16-6-3-5-14(12-16)18(22)21-8-10-25-11-9-21/h1-7,12,20H,8-11,13H2. The largest absolute Gasteiger partial charge is 0.378 e. The van der Waals surface area contributed by atoms with Crippen molar-refractivity contribution in [3.05, 3.63) is 65.5 Å². The van der Waals surface area contributed by atoms with E-state index in [-0.39, 0.29) is 22.9 Å². The average Bonchev–Trinajstić information content (AvgIpc) is 2.67. The molecule has 0 bridgehead atoms. The zero-order chi connectivity index (χ0) is 18.6. The smallest absolute Gasteiger partial charge is 0.254 e. The van der Waals surface area contributed by atoms with Gasteiger partial charge >= 0.3 is 0 Å². The molecule has 1 saturated heterocycles. The van der Waals surface area contributed by atoms with Crippen LogP contribution in [0.15, 0.2) is 53.4 Å².